The van der Waals surface area contributed by atoms with Gasteiger partial charge in [-0.3, -0.25) is 0 Å². The number of aryl methyl sites for hydroxylation is 2. The van der Waals surface area contributed by atoms with Crippen LogP contribution < -0.4 is 9.47 Å². The molecule has 0 saturated carbocycles. The Labute approximate surface area is 130 Å². The molecule has 0 aliphatic heterocycles. The summed E-state index contributed by atoms with van der Waals surface area (Å²) in [5.41, 5.74) is 2.60. The van der Waals surface area contributed by atoms with Crippen molar-refractivity contribution in [3.8, 4) is 11.5 Å². The van der Waals surface area contributed by atoms with E-state index in [1.807, 2.05) is 36.4 Å². The molecule has 0 aromatic heterocycles. The number of ether oxygens (including phenoxy) is 3. The Morgan fingerprint density at radius 2 is 1.64 bits per heavy atom. The lowest BCUT2D eigenvalue weighted by Gasteiger charge is -2.12. The van der Waals surface area contributed by atoms with E-state index < -0.39 is 0 Å². The lowest BCUT2D eigenvalue weighted by molar-refractivity contribution is 0.0595. The average molecular weight is 300 g/mol. The van der Waals surface area contributed by atoms with Gasteiger partial charge in [-0.05, 0) is 42.2 Å². The summed E-state index contributed by atoms with van der Waals surface area (Å²) in [5, 5.41) is 0. The van der Waals surface area contributed by atoms with E-state index in [4.69, 9.17) is 14.2 Å². The zero-order chi connectivity index (χ0) is 15.9. The third-order valence-electron chi connectivity index (χ3n) is 3.56. The first-order valence-corrected chi connectivity index (χ1v) is 7.06. The highest BCUT2D eigenvalue weighted by Gasteiger charge is 2.17. The van der Waals surface area contributed by atoms with Crippen molar-refractivity contribution in [3.63, 3.8) is 0 Å². The molecular weight excluding hydrogens is 280 g/mol. The normalized spacial score (nSPS) is 10.1. The van der Waals surface area contributed by atoms with Crippen LogP contribution in [0, 0.1) is 0 Å². The number of methoxy groups -OCH3 is 3. The molecule has 0 aliphatic rings. The summed E-state index contributed by atoms with van der Waals surface area (Å²) in [4.78, 5) is 12.0. The minimum Gasteiger partial charge on any atom is -0.497 e. The zero-order valence-electron chi connectivity index (χ0n) is 13.1. The molecule has 116 valence electrons. The SMILES string of the molecule is COC(=O)c1c(CCc2ccc(OC)cc2)cccc1OC. The molecule has 0 N–H and O–H groups in total. The van der Waals surface area contributed by atoms with Gasteiger partial charge < -0.3 is 14.2 Å². The maximum Gasteiger partial charge on any atom is 0.341 e. The van der Waals surface area contributed by atoms with Crippen molar-refractivity contribution in [1.29, 1.82) is 0 Å². The van der Waals surface area contributed by atoms with Gasteiger partial charge in [-0.25, -0.2) is 4.79 Å². The molecule has 2 aromatic carbocycles. The van der Waals surface area contributed by atoms with Crippen molar-refractivity contribution in [1.82, 2.24) is 0 Å². The zero-order valence-corrected chi connectivity index (χ0v) is 13.1. The maximum atomic E-state index is 12.0. The van der Waals surface area contributed by atoms with Gasteiger partial charge in [0.25, 0.3) is 0 Å². The van der Waals surface area contributed by atoms with Gasteiger partial charge >= 0.3 is 5.97 Å². The molecule has 0 bridgehead atoms. The summed E-state index contributed by atoms with van der Waals surface area (Å²) in [6.45, 7) is 0. The molecular formula is C18H20O4. The Kier molecular flexibility index (Phi) is 5.42. The lowest BCUT2D eigenvalue weighted by Crippen LogP contribution is -2.09. The topological polar surface area (TPSA) is 44.8 Å². The Bertz CT molecular complexity index is 632. The van der Waals surface area contributed by atoms with Crippen molar-refractivity contribution in [2.24, 2.45) is 0 Å². The van der Waals surface area contributed by atoms with Crippen LogP contribution >= 0.6 is 0 Å². The van der Waals surface area contributed by atoms with Crippen molar-refractivity contribution < 1.29 is 19.0 Å². The highest BCUT2D eigenvalue weighted by molar-refractivity contribution is 5.94. The highest BCUT2D eigenvalue weighted by Crippen LogP contribution is 2.24. The number of carbonyl (C=O) groups excluding carboxylic acids is 1. The standard InChI is InChI=1S/C18H20O4/c1-20-15-11-8-13(9-12-15)7-10-14-5-4-6-16(21-2)17(14)18(19)22-3/h4-6,8-9,11-12H,7,10H2,1-3H3. The predicted molar refractivity (Wildman–Crippen MR) is 84.7 cm³/mol. The van der Waals surface area contributed by atoms with E-state index in [1.165, 1.54) is 12.7 Å². The van der Waals surface area contributed by atoms with Gasteiger partial charge in [-0.1, -0.05) is 24.3 Å². The number of rotatable bonds is 6. The van der Waals surface area contributed by atoms with Crippen LogP contribution in [-0.4, -0.2) is 27.3 Å². The van der Waals surface area contributed by atoms with Gasteiger partial charge in [-0.2, -0.15) is 0 Å². The molecule has 4 heteroatoms. The second-order valence-corrected chi connectivity index (χ2v) is 4.83. The van der Waals surface area contributed by atoms with Gasteiger partial charge in [-0.15, -0.1) is 0 Å². The third-order valence-corrected chi connectivity index (χ3v) is 3.56. The van der Waals surface area contributed by atoms with E-state index in [2.05, 4.69) is 0 Å². The van der Waals surface area contributed by atoms with Gasteiger partial charge in [0.1, 0.15) is 17.1 Å². The number of hydrogen-bond acceptors (Lipinski definition) is 4. The van der Waals surface area contributed by atoms with Crippen LogP contribution in [0.2, 0.25) is 0 Å². The number of hydrogen-bond donors (Lipinski definition) is 0. The number of esters is 1. The van der Waals surface area contributed by atoms with Gasteiger partial charge in [0.05, 0.1) is 21.3 Å². The molecule has 0 radical (unpaired) electrons. The van der Waals surface area contributed by atoms with E-state index in [0.717, 1.165) is 24.2 Å². The summed E-state index contributed by atoms with van der Waals surface area (Å²) < 4.78 is 15.3. The summed E-state index contributed by atoms with van der Waals surface area (Å²) in [6.07, 6.45) is 1.55. The quantitative estimate of drug-likeness (QED) is 0.768. The first kappa shape index (κ1) is 15.9. The van der Waals surface area contributed by atoms with Crippen LogP contribution in [0.5, 0.6) is 11.5 Å². The van der Waals surface area contributed by atoms with Crippen LogP contribution in [0.4, 0.5) is 0 Å². The molecule has 2 rings (SSSR count). The number of benzene rings is 2. The van der Waals surface area contributed by atoms with E-state index in [1.54, 1.807) is 20.3 Å². The Morgan fingerprint density at radius 1 is 0.909 bits per heavy atom. The monoisotopic (exact) mass is 300 g/mol. The fourth-order valence-corrected chi connectivity index (χ4v) is 2.36. The molecule has 0 aliphatic carbocycles. The Morgan fingerprint density at radius 3 is 2.23 bits per heavy atom. The molecule has 0 fully saturated rings. The Balaban J connectivity index is 2.19. The summed E-state index contributed by atoms with van der Waals surface area (Å²) in [6, 6.07) is 13.5. The minimum atomic E-state index is -0.373. The first-order valence-electron chi connectivity index (χ1n) is 7.06. The van der Waals surface area contributed by atoms with Crippen molar-refractivity contribution in [3.05, 3.63) is 59.2 Å². The summed E-state index contributed by atoms with van der Waals surface area (Å²) in [7, 11) is 4.57. The van der Waals surface area contributed by atoms with E-state index in [0.29, 0.717) is 11.3 Å². The molecule has 2 aromatic rings. The highest BCUT2D eigenvalue weighted by atomic mass is 16.5. The number of carbonyl (C=O) groups is 1. The van der Waals surface area contributed by atoms with Crippen LogP contribution in [0.3, 0.4) is 0 Å². The van der Waals surface area contributed by atoms with Crippen molar-refractivity contribution in [2.75, 3.05) is 21.3 Å². The van der Waals surface area contributed by atoms with Crippen molar-refractivity contribution in [2.45, 2.75) is 12.8 Å². The third kappa shape index (κ3) is 3.58. The van der Waals surface area contributed by atoms with Crippen LogP contribution in [0.25, 0.3) is 0 Å². The van der Waals surface area contributed by atoms with Crippen LogP contribution in [0.1, 0.15) is 21.5 Å². The predicted octanol–water partition coefficient (Wildman–Crippen LogP) is 3.28. The van der Waals surface area contributed by atoms with Gasteiger partial charge in [0, 0.05) is 0 Å². The van der Waals surface area contributed by atoms with Crippen LogP contribution in [0.15, 0.2) is 42.5 Å². The fraction of sp³-hybridized carbons (Fsp3) is 0.278. The molecule has 0 spiro atoms. The fourth-order valence-electron chi connectivity index (χ4n) is 2.36. The van der Waals surface area contributed by atoms with E-state index in [9.17, 15) is 4.79 Å². The summed E-state index contributed by atoms with van der Waals surface area (Å²) in [5.74, 6) is 1.00. The average Bonchev–Trinajstić information content (AvgIpc) is 2.59. The maximum absolute atomic E-state index is 12.0. The summed E-state index contributed by atoms with van der Waals surface area (Å²) >= 11 is 0. The minimum absolute atomic E-state index is 0.373. The van der Waals surface area contributed by atoms with Crippen LogP contribution in [-0.2, 0) is 17.6 Å². The second-order valence-electron chi connectivity index (χ2n) is 4.83. The Hall–Kier alpha value is -2.49. The van der Waals surface area contributed by atoms with E-state index >= 15 is 0 Å². The molecule has 0 saturated heterocycles. The molecule has 0 unspecified atom stereocenters. The first-order chi connectivity index (χ1) is 10.7. The second kappa shape index (κ2) is 7.50. The smallest absolute Gasteiger partial charge is 0.341 e. The molecule has 0 heterocycles. The van der Waals surface area contributed by atoms with Gasteiger partial charge in [0.2, 0.25) is 0 Å². The molecule has 0 amide bonds. The lowest BCUT2D eigenvalue weighted by atomic mass is 9.99. The molecule has 22 heavy (non-hydrogen) atoms. The molecule has 0 atom stereocenters. The molecule has 4 nitrogen and oxygen atoms in total. The van der Waals surface area contributed by atoms with Gasteiger partial charge in [0.15, 0.2) is 0 Å². The van der Waals surface area contributed by atoms with Crippen molar-refractivity contribution >= 4 is 5.97 Å². The largest absolute Gasteiger partial charge is 0.497 e. The van der Waals surface area contributed by atoms with E-state index in [-0.39, 0.29) is 5.97 Å².